The van der Waals surface area contributed by atoms with Crippen molar-refractivity contribution in [1.29, 1.82) is 0 Å². The third kappa shape index (κ3) is 10.1. The Morgan fingerprint density at radius 2 is 1.74 bits per heavy atom. The van der Waals surface area contributed by atoms with Crippen LogP contribution in [0.5, 0.6) is 0 Å². The average molecular weight is 654 g/mol. The summed E-state index contributed by atoms with van der Waals surface area (Å²) in [6.45, 7) is 17.3. The number of carbonyl (C=O) groups is 5. The van der Waals surface area contributed by atoms with Gasteiger partial charge in [-0.3, -0.25) is 9.59 Å². The Hall–Kier alpha value is -3.74. The number of anilines is 1. The Morgan fingerprint density at radius 3 is 2.28 bits per heavy atom. The molecule has 1 fully saturated rings. The van der Waals surface area contributed by atoms with Crippen LogP contribution >= 0.6 is 0 Å². The molecule has 5 amide bonds. The summed E-state index contributed by atoms with van der Waals surface area (Å²) in [5.74, 6) is -1.72. The van der Waals surface area contributed by atoms with E-state index in [0.29, 0.717) is 11.3 Å². The minimum atomic E-state index is -0.855. The third-order valence-corrected chi connectivity index (χ3v) is 8.74. The van der Waals surface area contributed by atoms with Crippen LogP contribution in [0.1, 0.15) is 80.7 Å². The number of imide groups is 1. The number of hydrogen-bond acceptors (Lipinski definition) is 8. The minimum absolute atomic E-state index is 0.0149. The molecule has 13 heteroatoms. The molecule has 0 saturated carbocycles. The number of aryl methyl sites for hydroxylation is 1. The van der Waals surface area contributed by atoms with Gasteiger partial charge in [-0.15, -0.1) is 0 Å². The number of likely N-dealkylation sites (tertiary alicyclic amines) is 1. The number of nitrogens with one attached hydrogen (secondary N) is 4. The number of hydrogen-bond donors (Lipinski definition) is 4. The topological polar surface area (TPSA) is 155 Å². The first-order chi connectivity index (χ1) is 22.0. The molecule has 3 rings (SSSR count). The molecular formula is C34H52BN5O7. The van der Waals surface area contributed by atoms with E-state index >= 15 is 0 Å². The summed E-state index contributed by atoms with van der Waals surface area (Å²) in [6, 6.07) is 6.19. The Bertz CT molecular complexity index is 1350. The summed E-state index contributed by atoms with van der Waals surface area (Å²) in [4.78, 5) is 64.6. The molecule has 0 aromatic heterocycles. The van der Waals surface area contributed by atoms with Gasteiger partial charge in [-0.2, -0.15) is 0 Å². The molecule has 1 saturated heterocycles. The molecule has 1 aromatic carbocycles. The van der Waals surface area contributed by atoms with Crippen molar-refractivity contribution in [2.24, 2.45) is 17.8 Å². The monoisotopic (exact) mass is 653 g/mol. The summed E-state index contributed by atoms with van der Waals surface area (Å²) in [5.41, 5.74) is 0.889. The molecule has 1 aromatic rings. The van der Waals surface area contributed by atoms with Crippen LogP contribution in [-0.4, -0.2) is 90.1 Å². The molecule has 2 aliphatic rings. The van der Waals surface area contributed by atoms with Crippen LogP contribution in [0.2, 0.25) is 0 Å². The van der Waals surface area contributed by atoms with Gasteiger partial charge >= 0.3 is 225 Å². The molecule has 4 atom stereocenters. The van der Waals surface area contributed by atoms with Crippen molar-refractivity contribution in [3.05, 3.63) is 29.8 Å². The Balaban J connectivity index is 1.46. The van der Waals surface area contributed by atoms with Crippen molar-refractivity contribution in [1.82, 2.24) is 20.9 Å². The Kier molecular flexibility index (Phi) is 12.8. The van der Waals surface area contributed by atoms with Crippen LogP contribution in [0.4, 0.5) is 5.69 Å². The zero-order valence-electron chi connectivity index (χ0n) is 29.3. The van der Waals surface area contributed by atoms with E-state index in [1.807, 2.05) is 72.7 Å². The Morgan fingerprint density at radius 1 is 1.09 bits per heavy atom. The van der Waals surface area contributed by atoms with Gasteiger partial charge < -0.3 is 0 Å². The maximum atomic E-state index is 13.3. The predicted octanol–water partition coefficient (Wildman–Crippen LogP) is 2.18. The van der Waals surface area contributed by atoms with Gasteiger partial charge in [-0.05, 0) is 12.3 Å². The maximum absolute atomic E-state index is 13.3. The van der Waals surface area contributed by atoms with Gasteiger partial charge in [-0.25, -0.2) is 0 Å². The quantitative estimate of drug-likeness (QED) is 0.147. The number of nitrogens with zero attached hydrogens (tertiary/aromatic N) is 1. The molecule has 2 heterocycles. The van der Waals surface area contributed by atoms with Gasteiger partial charge in [-0.1, -0.05) is 20.8 Å². The molecule has 0 bridgehead atoms. The Labute approximate surface area is 279 Å². The molecular weight excluding hydrogens is 601 g/mol. The summed E-state index contributed by atoms with van der Waals surface area (Å²) in [7, 11) is 1.54. The van der Waals surface area contributed by atoms with E-state index in [2.05, 4.69) is 28.2 Å². The molecule has 0 radical (unpaired) electrons. The first-order valence-electron chi connectivity index (χ1n) is 16.6. The van der Waals surface area contributed by atoms with Crippen LogP contribution in [0.25, 0.3) is 0 Å². The van der Waals surface area contributed by atoms with Gasteiger partial charge in [0.2, 0.25) is 0 Å². The molecule has 0 spiro atoms. The molecule has 0 aliphatic carbocycles. The summed E-state index contributed by atoms with van der Waals surface area (Å²) in [5, 5.41) is 11.8. The second kappa shape index (κ2) is 15.9. The molecule has 4 N–H and O–H groups in total. The van der Waals surface area contributed by atoms with Crippen LogP contribution in [0, 0.1) is 17.8 Å². The first kappa shape index (κ1) is 37.7. The summed E-state index contributed by atoms with van der Waals surface area (Å²) in [6.07, 6.45) is 1.11. The fourth-order valence-electron chi connectivity index (χ4n) is 5.22. The number of amides is 5. The first-order valence-corrected chi connectivity index (χ1v) is 16.6. The van der Waals surface area contributed by atoms with Crippen molar-refractivity contribution in [2.75, 3.05) is 25.0 Å². The van der Waals surface area contributed by atoms with Gasteiger partial charge in [0, 0.05) is 12.3 Å². The number of benzene rings is 1. The number of carbonyl (C=O) groups excluding carboxylic acids is 5. The molecule has 2 aliphatic heterocycles. The van der Waals surface area contributed by atoms with E-state index in [1.165, 1.54) is 10.5 Å². The van der Waals surface area contributed by atoms with E-state index in [9.17, 15) is 24.0 Å². The fourth-order valence-corrected chi connectivity index (χ4v) is 5.22. The van der Waals surface area contributed by atoms with Crippen LogP contribution in [0.3, 0.4) is 0 Å². The van der Waals surface area contributed by atoms with Gasteiger partial charge in [0.1, 0.15) is 0 Å². The van der Waals surface area contributed by atoms with Crippen molar-refractivity contribution in [3.63, 3.8) is 0 Å². The van der Waals surface area contributed by atoms with Crippen molar-refractivity contribution in [2.45, 2.75) is 105 Å². The van der Waals surface area contributed by atoms with E-state index in [0.717, 1.165) is 6.42 Å². The predicted molar refractivity (Wildman–Crippen MR) is 181 cm³/mol. The van der Waals surface area contributed by atoms with Gasteiger partial charge in [0.05, 0.1) is 0 Å². The summed E-state index contributed by atoms with van der Waals surface area (Å²) < 4.78 is 11.9. The van der Waals surface area contributed by atoms with Gasteiger partial charge in [0.15, 0.2) is 0 Å². The number of rotatable bonds is 17. The van der Waals surface area contributed by atoms with E-state index in [-0.39, 0.29) is 79.8 Å². The normalized spacial score (nSPS) is 20.5. The van der Waals surface area contributed by atoms with E-state index < -0.39 is 23.3 Å². The standard InChI is InChI=1S/C34H52BN5O7/c1-10-23-11-13-24(14-12-23)38-29(43)22(6)37-30(44)28(21(4)5)39-32-34(9,47-35-32)19-46-33(7,8)18-36-26(41)15-16-40-27(42)17-25(20(2)3)31(40)45/h11-14,20-22,25,28,39H,10,15-19H2,1-9H3,(H,36,41)(H,37,44)(H,38,43)/t22?,25?,28-,34?/m0/s1. The molecule has 47 heavy (non-hydrogen) atoms. The van der Waals surface area contributed by atoms with Crippen molar-refractivity contribution < 1.29 is 33.4 Å². The van der Waals surface area contributed by atoms with Crippen LogP contribution < -0.4 is 21.3 Å². The zero-order chi connectivity index (χ0) is 35.1. The van der Waals surface area contributed by atoms with Gasteiger partial charge in [0.25, 0.3) is 0 Å². The fraction of sp³-hybridized carbons (Fsp3) is 0.647. The van der Waals surface area contributed by atoms with Crippen LogP contribution in [0.15, 0.2) is 24.3 Å². The molecule has 12 nitrogen and oxygen atoms in total. The van der Waals surface area contributed by atoms with Crippen LogP contribution in [-0.2, 0) is 39.8 Å². The molecule has 258 valence electrons. The number of ether oxygens (including phenoxy) is 1. The second-order valence-corrected chi connectivity index (χ2v) is 14.0. The van der Waals surface area contributed by atoms with Crippen molar-refractivity contribution >= 4 is 47.9 Å². The second-order valence-electron chi connectivity index (χ2n) is 14.0. The summed E-state index contributed by atoms with van der Waals surface area (Å²) >= 11 is 0. The zero-order valence-corrected chi connectivity index (χ0v) is 29.3. The average Bonchev–Trinajstić information content (AvgIpc) is 3.30. The third-order valence-electron chi connectivity index (χ3n) is 8.74. The van der Waals surface area contributed by atoms with E-state index in [4.69, 9.17) is 9.39 Å². The van der Waals surface area contributed by atoms with Crippen molar-refractivity contribution in [3.8, 4) is 0 Å². The van der Waals surface area contributed by atoms with E-state index in [1.54, 1.807) is 14.0 Å². The SMILES string of the molecule is CCc1ccc(NC(=O)C(C)NC(=O)[C@@H](NC2=BOC2(C)COC(C)(C)CNC(=O)CCN2C(=O)CC(C(C)C)C2=O)C(C)C)cc1. The molecule has 3 unspecified atom stereocenters.